The Labute approximate surface area is 164 Å². The summed E-state index contributed by atoms with van der Waals surface area (Å²) >= 11 is 1.61. The highest BCUT2D eigenvalue weighted by Gasteiger charge is 2.21. The van der Waals surface area contributed by atoms with Crippen molar-refractivity contribution in [1.29, 1.82) is 0 Å². The molecule has 0 aliphatic carbocycles. The smallest absolute Gasteiger partial charge is 0.251 e. The molecule has 0 radical (unpaired) electrons. The highest BCUT2D eigenvalue weighted by molar-refractivity contribution is 7.09. The van der Waals surface area contributed by atoms with Crippen LogP contribution in [0.4, 0.5) is 0 Å². The number of carbonyl (C=O) groups is 1. The van der Waals surface area contributed by atoms with Gasteiger partial charge in [-0.25, -0.2) is 4.98 Å². The second-order valence-electron chi connectivity index (χ2n) is 7.10. The maximum Gasteiger partial charge on any atom is 0.251 e. The normalized spacial score (nSPS) is 11.2. The molecule has 0 spiro atoms. The van der Waals surface area contributed by atoms with Crippen molar-refractivity contribution in [3.05, 3.63) is 81.8 Å². The van der Waals surface area contributed by atoms with Crippen molar-refractivity contribution in [2.75, 3.05) is 6.54 Å². The van der Waals surface area contributed by atoms with Crippen molar-refractivity contribution < 1.29 is 9.53 Å². The van der Waals surface area contributed by atoms with E-state index in [1.54, 1.807) is 23.5 Å². The van der Waals surface area contributed by atoms with Gasteiger partial charge in [-0.05, 0) is 36.8 Å². The zero-order chi connectivity index (χ0) is 19.3. The molecule has 27 heavy (non-hydrogen) atoms. The number of hydrogen-bond donors (Lipinski definition) is 1. The highest BCUT2D eigenvalue weighted by Crippen LogP contribution is 2.22. The molecule has 140 valence electrons. The summed E-state index contributed by atoms with van der Waals surface area (Å²) in [4.78, 5) is 16.8. The van der Waals surface area contributed by atoms with E-state index in [9.17, 15) is 4.79 Å². The lowest BCUT2D eigenvalue weighted by molar-refractivity contribution is 0.0945. The Balaban J connectivity index is 1.54. The first-order valence-corrected chi connectivity index (χ1v) is 9.80. The molecule has 0 atom stereocenters. The molecular formula is C22H24N2O2S. The monoisotopic (exact) mass is 380 g/mol. The van der Waals surface area contributed by atoms with E-state index < -0.39 is 0 Å². The summed E-state index contributed by atoms with van der Waals surface area (Å²) in [5.74, 6) is 0.641. The Bertz CT molecular complexity index is 886. The third kappa shape index (κ3) is 5.17. The van der Waals surface area contributed by atoms with Gasteiger partial charge in [-0.1, -0.05) is 44.2 Å². The summed E-state index contributed by atoms with van der Waals surface area (Å²) in [6.45, 7) is 7.22. The molecule has 0 saturated carbocycles. The lowest BCUT2D eigenvalue weighted by Crippen LogP contribution is -2.36. The fourth-order valence-electron chi connectivity index (χ4n) is 2.73. The van der Waals surface area contributed by atoms with Gasteiger partial charge in [0.1, 0.15) is 12.4 Å². The Kier molecular flexibility index (Phi) is 5.91. The first-order chi connectivity index (χ1) is 12.9. The molecule has 1 heterocycles. The molecule has 3 rings (SSSR count). The van der Waals surface area contributed by atoms with Crippen LogP contribution < -0.4 is 10.1 Å². The van der Waals surface area contributed by atoms with E-state index in [4.69, 9.17) is 4.74 Å². The summed E-state index contributed by atoms with van der Waals surface area (Å²) in [7, 11) is 0. The number of aryl methyl sites for hydroxylation is 1. The minimum atomic E-state index is -0.133. The third-order valence-electron chi connectivity index (χ3n) is 4.42. The second-order valence-corrected chi connectivity index (χ2v) is 8.17. The number of hydrogen-bond acceptors (Lipinski definition) is 4. The first kappa shape index (κ1) is 19.1. The summed E-state index contributed by atoms with van der Waals surface area (Å²) in [6.07, 6.45) is 0. The summed E-state index contributed by atoms with van der Waals surface area (Å²) < 4.78 is 5.72. The largest absolute Gasteiger partial charge is 0.487 e. The highest BCUT2D eigenvalue weighted by atomic mass is 32.1. The van der Waals surface area contributed by atoms with E-state index in [0.29, 0.717) is 18.7 Å². The van der Waals surface area contributed by atoms with E-state index in [1.807, 2.05) is 42.6 Å². The van der Waals surface area contributed by atoms with Crippen molar-refractivity contribution in [2.45, 2.75) is 32.8 Å². The molecule has 0 fully saturated rings. The van der Waals surface area contributed by atoms with E-state index in [0.717, 1.165) is 16.5 Å². The average molecular weight is 381 g/mol. The van der Waals surface area contributed by atoms with Crippen molar-refractivity contribution >= 4 is 17.2 Å². The molecule has 2 aromatic carbocycles. The molecule has 0 unspecified atom stereocenters. The number of benzene rings is 2. The van der Waals surface area contributed by atoms with Crippen molar-refractivity contribution in [2.24, 2.45) is 0 Å². The third-order valence-corrected chi connectivity index (χ3v) is 5.24. The van der Waals surface area contributed by atoms with Gasteiger partial charge < -0.3 is 10.1 Å². The predicted octanol–water partition coefficient (Wildman–Crippen LogP) is 4.74. The Hall–Kier alpha value is -2.66. The molecule has 0 aliphatic rings. The van der Waals surface area contributed by atoms with Crippen LogP contribution in [-0.2, 0) is 12.0 Å². The number of aromatic nitrogens is 1. The first-order valence-electron chi connectivity index (χ1n) is 8.92. The molecule has 0 saturated heterocycles. The van der Waals surface area contributed by atoms with Gasteiger partial charge in [-0.15, -0.1) is 11.3 Å². The second kappa shape index (κ2) is 8.35. The molecule has 3 aromatic rings. The Morgan fingerprint density at radius 3 is 2.44 bits per heavy atom. The standard InChI is InChI=1S/C22H24N2O2S/c1-16-24-19(14-27-16)13-26-20-11-9-17(10-12-20)21(25)23-15-22(2,3)18-7-5-4-6-8-18/h4-12,14H,13,15H2,1-3H3,(H,23,25). The lowest BCUT2D eigenvalue weighted by Gasteiger charge is -2.25. The zero-order valence-corrected chi connectivity index (χ0v) is 16.7. The fourth-order valence-corrected chi connectivity index (χ4v) is 3.33. The molecular weight excluding hydrogens is 356 g/mol. The molecule has 0 bridgehead atoms. The van der Waals surface area contributed by atoms with E-state index in [2.05, 4.69) is 36.3 Å². The zero-order valence-electron chi connectivity index (χ0n) is 15.9. The van der Waals surface area contributed by atoms with Crippen LogP contribution in [0.15, 0.2) is 60.0 Å². The van der Waals surface area contributed by atoms with Crippen LogP contribution in [-0.4, -0.2) is 17.4 Å². The topological polar surface area (TPSA) is 51.2 Å². The van der Waals surface area contributed by atoms with Crippen LogP contribution in [0.3, 0.4) is 0 Å². The molecule has 1 amide bonds. The van der Waals surface area contributed by atoms with Crippen molar-refractivity contribution in [3.63, 3.8) is 0 Å². The molecule has 1 aromatic heterocycles. The Morgan fingerprint density at radius 2 is 1.81 bits per heavy atom. The number of carbonyl (C=O) groups excluding carboxylic acids is 1. The van der Waals surface area contributed by atoms with Crippen molar-refractivity contribution in [3.8, 4) is 5.75 Å². The van der Waals surface area contributed by atoms with E-state index >= 15 is 0 Å². The number of thiazole rings is 1. The predicted molar refractivity (Wildman–Crippen MR) is 109 cm³/mol. The van der Waals surface area contributed by atoms with E-state index in [1.165, 1.54) is 5.56 Å². The van der Waals surface area contributed by atoms with Gasteiger partial charge in [-0.3, -0.25) is 4.79 Å². The maximum atomic E-state index is 12.5. The SMILES string of the molecule is Cc1nc(COc2ccc(C(=O)NCC(C)(C)c3ccccc3)cc2)cs1. The van der Waals surface area contributed by atoms with Gasteiger partial charge in [0.05, 0.1) is 10.7 Å². The molecule has 5 heteroatoms. The minimum absolute atomic E-state index is 0.0827. The number of ether oxygens (including phenoxy) is 1. The van der Waals surface area contributed by atoms with Crippen LogP contribution in [0.2, 0.25) is 0 Å². The number of nitrogens with zero attached hydrogens (tertiary/aromatic N) is 1. The van der Waals surface area contributed by atoms with Gasteiger partial charge in [0.25, 0.3) is 5.91 Å². The number of nitrogens with one attached hydrogen (secondary N) is 1. The van der Waals surface area contributed by atoms with Crippen LogP contribution in [0.25, 0.3) is 0 Å². The number of amides is 1. The van der Waals surface area contributed by atoms with Gasteiger partial charge in [0.15, 0.2) is 0 Å². The van der Waals surface area contributed by atoms with Crippen LogP contribution in [0.5, 0.6) is 5.75 Å². The summed E-state index contributed by atoms with van der Waals surface area (Å²) in [5.41, 5.74) is 2.61. The Morgan fingerprint density at radius 1 is 1.11 bits per heavy atom. The van der Waals surface area contributed by atoms with Crippen LogP contribution in [0.1, 0.15) is 40.5 Å². The maximum absolute atomic E-state index is 12.5. The van der Waals surface area contributed by atoms with Crippen LogP contribution >= 0.6 is 11.3 Å². The molecule has 1 N–H and O–H groups in total. The molecule has 4 nitrogen and oxygen atoms in total. The fraction of sp³-hybridized carbons (Fsp3) is 0.273. The van der Waals surface area contributed by atoms with Gasteiger partial charge in [0, 0.05) is 22.9 Å². The lowest BCUT2D eigenvalue weighted by atomic mass is 9.84. The van der Waals surface area contributed by atoms with Crippen LogP contribution in [0, 0.1) is 6.92 Å². The van der Waals surface area contributed by atoms with Gasteiger partial charge in [-0.2, -0.15) is 0 Å². The summed E-state index contributed by atoms with van der Waals surface area (Å²) in [5, 5.41) is 6.05. The average Bonchev–Trinajstić information content (AvgIpc) is 3.11. The quantitative estimate of drug-likeness (QED) is 0.644. The minimum Gasteiger partial charge on any atom is -0.487 e. The van der Waals surface area contributed by atoms with E-state index in [-0.39, 0.29) is 11.3 Å². The van der Waals surface area contributed by atoms with Crippen molar-refractivity contribution in [1.82, 2.24) is 10.3 Å². The number of rotatable bonds is 7. The van der Waals surface area contributed by atoms with Gasteiger partial charge >= 0.3 is 0 Å². The molecule has 0 aliphatic heterocycles. The summed E-state index contributed by atoms with van der Waals surface area (Å²) in [6, 6.07) is 17.4. The van der Waals surface area contributed by atoms with Gasteiger partial charge in [0.2, 0.25) is 0 Å².